The number of aromatic carboxylic acids is 2. The number of hydrogen-bond acceptors (Lipinski definition) is 4. The third-order valence-corrected chi connectivity index (χ3v) is 2.56. The zero-order chi connectivity index (χ0) is 14.7. The molecule has 0 aliphatic rings. The molecular weight excluding hydrogens is 264 g/mol. The molecular formula is C13H12N2O5. The van der Waals surface area contributed by atoms with E-state index in [9.17, 15) is 9.59 Å². The van der Waals surface area contributed by atoms with E-state index in [2.05, 4.69) is 5.10 Å². The molecule has 7 nitrogen and oxygen atoms in total. The van der Waals surface area contributed by atoms with Crippen LogP contribution in [0, 0.1) is 0 Å². The lowest BCUT2D eigenvalue weighted by atomic mass is 10.2. The molecule has 0 atom stereocenters. The molecule has 0 bridgehead atoms. The first-order valence-corrected chi connectivity index (χ1v) is 5.82. The number of carboxylic acids is 2. The van der Waals surface area contributed by atoms with Crippen molar-refractivity contribution < 1.29 is 24.5 Å². The van der Waals surface area contributed by atoms with Crippen LogP contribution in [0.2, 0.25) is 0 Å². The van der Waals surface area contributed by atoms with Crippen molar-refractivity contribution in [2.45, 2.75) is 6.92 Å². The Morgan fingerprint density at radius 1 is 1.20 bits per heavy atom. The Morgan fingerprint density at radius 2 is 1.85 bits per heavy atom. The van der Waals surface area contributed by atoms with Crippen LogP contribution < -0.4 is 4.74 Å². The number of benzene rings is 1. The van der Waals surface area contributed by atoms with E-state index in [1.807, 2.05) is 6.92 Å². The minimum atomic E-state index is -1.38. The third kappa shape index (κ3) is 2.61. The van der Waals surface area contributed by atoms with Gasteiger partial charge in [0, 0.05) is 6.20 Å². The molecule has 0 saturated carbocycles. The zero-order valence-electron chi connectivity index (χ0n) is 10.6. The van der Waals surface area contributed by atoms with Gasteiger partial charge in [0.1, 0.15) is 11.3 Å². The number of carbonyl (C=O) groups is 2. The maximum absolute atomic E-state index is 11.0. The highest BCUT2D eigenvalue weighted by Gasteiger charge is 2.21. The van der Waals surface area contributed by atoms with Crippen molar-refractivity contribution in [2.24, 2.45) is 0 Å². The minimum Gasteiger partial charge on any atom is -0.494 e. The lowest BCUT2D eigenvalue weighted by Gasteiger charge is -2.04. The van der Waals surface area contributed by atoms with Gasteiger partial charge < -0.3 is 14.9 Å². The lowest BCUT2D eigenvalue weighted by molar-refractivity contribution is 0.0648. The van der Waals surface area contributed by atoms with Gasteiger partial charge in [0.05, 0.1) is 12.3 Å². The number of ether oxygens (including phenoxy) is 1. The van der Waals surface area contributed by atoms with Crippen molar-refractivity contribution in [3.63, 3.8) is 0 Å². The second-order valence-electron chi connectivity index (χ2n) is 3.87. The van der Waals surface area contributed by atoms with Crippen molar-refractivity contribution in [1.82, 2.24) is 9.78 Å². The van der Waals surface area contributed by atoms with E-state index in [-0.39, 0.29) is 5.56 Å². The fourth-order valence-corrected chi connectivity index (χ4v) is 1.68. The number of carboxylic acid groups (broad SMARTS) is 2. The Labute approximate surface area is 114 Å². The molecule has 1 heterocycles. The predicted octanol–water partition coefficient (Wildman–Crippen LogP) is 1.67. The maximum atomic E-state index is 11.0. The maximum Gasteiger partial charge on any atom is 0.357 e. The molecule has 0 aliphatic heterocycles. The summed E-state index contributed by atoms with van der Waals surface area (Å²) in [7, 11) is 0. The molecule has 0 aliphatic carbocycles. The van der Waals surface area contributed by atoms with Gasteiger partial charge in [-0.15, -0.1) is 0 Å². The number of nitrogens with zero attached hydrogens (tertiary/aromatic N) is 2. The first-order valence-electron chi connectivity index (χ1n) is 5.82. The summed E-state index contributed by atoms with van der Waals surface area (Å²) in [5.74, 6) is -2.05. The van der Waals surface area contributed by atoms with Crippen LogP contribution in [0.3, 0.4) is 0 Å². The Morgan fingerprint density at radius 3 is 2.30 bits per heavy atom. The number of rotatable bonds is 5. The van der Waals surface area contributed by atoms with Gasteiger partial charge >= 0.3 is 11.9 Å². The Hall–Kier alpha value is -2.83. The molecule has 104 valence electrons. The topological polar surface area (TPSA) is 102 Å². The Balaban J connectivity index is 2.40. The lowest BCUT2D eigenvalue weighted by Crippen LogP contribution is -2.06. The van der Waals surface area contributed by atoms with E-state index < -0.39 is 17.6 Å². The molecule has 2 rings (SSSR count). The first kappa shape index (κ1) is 13.6. The normalized spacial score (nSPS) is 10.2. The fourth-order valence-electron chi connectivity index (χ4n) is 1.68. The zero-order valence-corrected chi connectivity index (χ0v) is 10.6. The minimum absolute atomic E-state index is 0.355. The smallest absolute Gasteiger partial charge is 0.357 e. The second-order valence-corrected chi connectivity index (χ2v) is 3.87. The van der Waals surface area contributed by atoms with Crippen LogP contribution in [0.15, 0.2) is 30.5 Å². The molecule has 0 amide bonds. The van der Waals surface area contributed by atoms with Crippen molar-refractivity contribution in [1.29, 1.82) is 0 Å². The molecule has 0 radical (unpaired) electrons. The van der Waals surface area contributed by atoms with E-state index in [0.717, 1.165) is 0 Å². The SMILES string of the molecule is CCOc1ccc(-n2cc(C(=O)O)c(C(=O)O)n2)cc1. The largest absolute Gasteiger partial charge is 0.494 e. The summed E-state index contributed by atoms with van der Waals surface area (Å²) < 4.78 is 6.50. The summed E-state index contributed by atoms with van der Waals surface area (Å²) >= 11 is 0. The summed E-state index contributed by atoms with van der Waals surface area (Å²) in [6.07, 6.45) is 1.17. The monoisotopic (exact) mass is 276 g/mol. The Kier molecular flexibility index (Phi) is 3.69. The van der Waals surface area contributed by atoms with Crippen molar-refractivity contribution in [3.05, 3.63) is 41.7 Å². The highest BCUT2D eigenvalue weighted by molar-refractivity contribution is 6.00. The van der Waals surface area contributed by atoms with Gasteiger partial charge in [0.25, 0.3) is 0 Å². The molecule has 0 saturated heterocycles. The fraction of sp³-hybridized carbons (Fsp3) is 0.154. The molecule has 20 heavy (non-hydrogen) atoms. The van der Waals surface area contributed by atoms with E-state index in [0.29, 0.717) is 18.0 Å². The molecule has 2 N–H and O–H groups in total. The van der Waals surface area contributed by atoms with Crippen molar-refractivity contribution in [3.8, 4) is 11.4 Å². The van der Waals surface area contributed by atoms with E-state index in [1.54, 1.807) is 24.3 Å². The van der Waals surface area contributed by atoms with Gasteiger partial charge in [-0.3, -0.25) is 0 Å². The van der Waals surface area contributed by atoms with Gasteiger partial charge in [-0.25, -0.2) is 14.3 Å². The van der Waals surface area contributed by atoms with Crippen LogP contribution in [0.5, 0.6) is 5.75 Å². The highest BCUT2D eigenvalue weighted by atomic mass is 16.5. The van der Waals surface area contributed by atoms with Crippen molar-refractivity contribution in [2.75, 3.05) is 6.61 Å². The summed E-state index contributed by atoms with van der Waals surface area (Å²) in [5.41, 5.74) is -0.304. The molecule has 7 heteroatoms. The van der Waals surface area contributed by atoms with Gasteiger partial charge in [-0.1, -0.05) is 0 Å². The summed E-state index contributed by atoms with van der Waals surface area (Å²) in [6, 6.07) is 6.72. The molecule has 1 aromatic carbocycles. The van der Waals surface area contributed by atoms with Crippen LogP contribution in [0.25, 0.3) is 5.69 Å². The molecule has 1 aromatic heterocycles. The van der Waals surface area contributed by atoms with Gasteiger partial charge in [0.15, 0.2) is 5.69 Å². The predicted molar refractivity (Wildman–Crippen MR) is 68.7 cm³/mol. The number of hydrogen-bond donors (Lipinski definition) is 2. The second kappa shape index (κ2) is 5.43. The van der Waals surface area contributed by atoms with Gasteiger partial charge in [-0.2, -0.15) is 5.10 Å². The first-order chi connectivity index (χ1) is 9.52. The van der Waals surface area contributed by atoms with Crippen LogP contribution in [0.1, 0.15) is 27.8 Å². The average molecular weight is 276 g/mol. The van der Waals surface area contributed by atoms with Crippen LogP contribution in [0.4, 0.5) is 0 Å². The summed E-state index contributed by atoms with van der Waals surface area (Å²) in [6.45, 7) is 2.40. The van der Waals surface area contributed by atoms with Crippen LogP contribution in [-0.4, -0.2) is 38.5 Å². The standard InChI is InChI=1S/C13H12N2O5/c1-2-20-9-5-3-8(4-6-9)15-7-10(12(16)17)11(14-15)13(18)19/h3-7H,2H2,1H3,(H,16,17)(H,18,19). The third-order valence-electron chi connectivity index (χ3n) is 2.56. The summed E-state index contributed by atoms with van der Waals surface area (Å²) in [4.78, 5) is 21.9. The quantitative estimate of drug-likeness (QED) is 0.861. The van der Waals surface area contributed by atoms with E-state index in [1.165, 1.54) is 10.9 Å². The number of aromatic nitrogens is 2. The average Bonchev–Trinajstić information content (AvgIpc) is 2.85. The van der Waals surface area contributed by atoms with E-state index >= 15 is 0 Å². The van der Waals surface area contributed by atoms with Crippen molar-refractivity contribution >= 4 is 11.9 Å². The molecule has 0 spiro atoms. The van der Waals surface area contributed by atoms with Gasteiger partial charge in [0.2, 0.25) is 0 Å². The Bertz CT molecular complexity index is 614. The van der Waals surface area contributed by atoms with Crippen LogP contribution >= 0.6 is 0 Å². The van der Waals surface area contributed by atoms with Crippen LogP contribution in [-0.2, 0) is 0 Å². The highest BCUT2D eigenvalue weighted by Crippen LogP contribution is 2.17. The molecule has 0 unspecified atom stereocenters. The molecule has 0 fully saturated rings. The summed E-state index contributed by atoms with van der Waals surface area (Å²) in [5, 5.41) is 21.7. The van der Waals surface area contributed by atoms with E-state index in [4.69, 9.17) is 14.9 Å². The van der Waals surface area contributed by atoms with Gasteiger partial charge in [-0.05, 0) is 31.2 Å². The molecule has 2 aromatic rings.